The van der Waals surface area contributed by atoms with Crippen molar-refractivity contribution >= 4 is 28.0 Å². The number of carbonyl (C=O) groups is 2. The minimum Gasteiger partial charge on any atom is -0.467 e. The maximum atomic E-state index is 11.4. The highest BCUT2D eigenvalue weighted by Crippen LogP contribution is 2.01. The lowest BCUT2D eigenvalue weighted by molar-refractivity contribution is -0.142. The van der Waals surface area contributed by atoms with Gasteiger partial charge >= 0.3 is 12.1 Å². The van der Waals surface area contributed by atoms with Gasteiger partial charge in [-0.2, -0.15) is 0 Å². The predicted molar refractivity (Wildman–Crippen MR) is 69.4 cm³/mol. The van der Waals surface area contributed by atoms with E-state index in [1.165, 1.54) is 7.11 Å². The molecule has 5 nitrogen and oxygen atoms in total. The van der Waals surface area contributed by atoms with Crippen molar-refractivity contribution in [3.8, 4) is 0 Å². The Labute approximate surface area is 114 Å². The zero-order valence-corrected chi connectivity index (χ0v) is 11.5. The van der Waals surface area contributed by atoms with Crippen LogP contribution in [0.15, 0.2) is 30.3 Å². The van der Waals surface area contributed by atoms with Crippen LogP contribution in [0, 0.1) is 0 Å². The van der Waals surface area contributed by atoms with Crippen molar-refractivity contribution in [3.63, 3.8) is 0 Å². The zero-order chi connectivity index (χ0) is 13.4. The number of hydrogen-bond donors (Lipinski definition) is 1. The first kappa shape index (κ1) is 14.5. The third-order valence-corrected chi connectivity index (χ3v) is 2.79. The highest BCUT2D eigenvalue weighted by molar-refractivity contribution is 9.09. The molecular formula is C12H14BrNO4. The van der Waals surface area contributed by atoms with Crippen molar-refractivity contribution in [2.24, 2.45) is 0 Å². The van der Waals surface area contributed by atoms with Gasteiger partial charge in [0.2, 0.25) is 0 Å². The van der Waals surface area contributed by atoms with Gasteiger partial charge in [-0.3, -0.25) is 0 Å². The summed E-state index contributed by atoms with van der Waals surface area (Å²) in [4.78, 5) is 22.7. The molecule has 1 aromatic rings. The molecule has 0 aliphatic rings. The number of esters is 1. The lowest BCUT2D eigenvalue weighted by Crippen LogP contribution is -2.42. The number of rotatable bonds is 5. The van der Waals surface area contributed by atoms with Crippen molar-refractivity contribution < 1.29 is 19.1 Å². The first-order valence-corrected chi connectivity index (χ1v) is 6.40. The van der Waals surface area contributed by atoms with E-state index in [9.17, 15) is 9.59 Å². The first-order valence-electron chi connectivity index (χ1n) is 5.28. The maximum absolute atomic E-state index is 11.4. The molecule has 0 fully saturated rings. The number of hydrogen-bond acceptors (Lipinski definition) is 4. The molecule has 0 spiro atoms. The highest BCUT2D eigenvalue weighted by Gasteiger charge is 2.20. The van der Waals surface area contributed by atoms with E-state index < -0.39 is 18.1 Å². The Balaban J connectivity index is 2.39. The summed E-state index contributed by atoms with van der Waals surface area (Å²) in [5.41, 5.74) is 0.876. The van der Waals surface area contributed by atoms with Gasteiger partial charge < -0.3 is 14.8 Å². The summed E-state index contributed by atoms with van der Waals surface area (Å²) in [6.07, 6.45) is -0.659. The van der Waals surface area contributed by atoms with E-state index in [0.717, 1.165) is 5.56 Å². The van der Waals surface area contributed by atoms with Gasteiger partial charge in [-0.25, -0.2) is 9.59 Å². The van der Waals surface area contributed by atoms with E-state index in [-0.39, 0.29) is 11.9 Å². The molecule has 0 aliphatic heterocycles. The quantitative estimate of drug-likeness (QED) is 0.665. The van der Waals surface area contributed by atoms with E-state index in [2.05, 4.69) is 26.0 Å². The van der Waals surface area contributed by atoms with Crippen LogP contribution in [0.1, 0.15) is 5.56 Å². The van der Waals surface area contributed by atoms with Crippen LogP contribution in [0.25, 0.3) is 0 Å². The van der Waals surface area contributed by atoms with Crippen molar-refractivity contribution in [1.29, 1.82) is 0 Å². The normalized spacial score (nSPS) is 11.4. The average Bonchev–Trinajstić information content (AvgIpc) is 2.42. The minimum atomic E-state index is -0.752. The summed E-state index contributed by atoms with van der Waals surface area (Å²) in [5, 5.41) is 2.67. The molecule has 1 N–H and O–H groups in total. The second-order valence-electron chi connectivity index (χ2n) is 3.44. The predicted octanol–water partition coefficient (Wildman–Crippen LogP) is 1.85. The van der Waals surface area contributed by atoms with Crippen LogP contribution in [0.5, 0.6) is 0 Å². The van der Waals surface area contributed by atoms with Gasteiger partial charge in [-0.15, -0.1) is 0 Å². The number of alkyl carbamates (subject to hydrolysis) is 1. The smallest absolute Gasteiger partial charge is 0.408 e. The molecule has 0 saturated heterocycles. The van der Waals surface area contributed by atoms with E-state index in [1.807, 2.05) is 30.3 Å². The molecule has 1 amide bonds. The Morgan fingerprint density at radius 3 is 2.56 bits per heavy atom. The Kier molecular flexibility index (Phi) is 6.21. The first-order chi connectivity index (χ1) is 8.67. The minimum absolute atomic E-state index is 0.156. The molecule has 0 radical (unpaired) electrons. The monoisotopic (exact) mass is 315 g/mol. The molecule has 0 saturated carbocycles. The fourth-order valence-electron chi connectivity index (χ4n) is 1.21. The zero-order valence-electron chi connectivity index (χ0n) is 9.89. The highest BCUT2D eigenvalue weighted by atomic mass is 79.9. The van der Waals surface area contributed by atoms with Crippen LogP contribution in [0.2, 0.25) is 0 Å². The molecule has 0 aromatic heterocycles. The molecule has 1 aromatic carbocycles. The van der Waals surface area contributed by atoms with E-state index >= 15 is 0 Å². The molecule has 1 rings (SSSR count). The lowest BCUT2D eigenvalue weighted by Gasteiger charge is -2.13. The topological polar surface area (TPSA) is 64.6 Å². The Hall–Kier alpha value is -1.56. The summed E-state index contributed by atoms with van der Waals surface area (Å²) in [6.45, 7) is 0.156. The van der Waals surface area contributed by atoms with Crippen LogP contribution in [0.4, 0.5) is 4.79 Å². The molecule has 0 bridgehead atoms. The SMILES string of the molecule is COC(=O)[C@@H](CBr)NC(=O)OCc1ccccc1. The summed E-state index contributed by atoms with van der Waals surface area (Å²) in [5.74, 6) is -0.525. The molecule has 18 heavy (non-hydrogen) atoms. The van der Waals surface area contributed by atoms with Gasteiger partial charge in [0.1, 0.15) is 12.6 Å². The molecule has 6 heteroatoms. The van der Waals surface area contributed by atoms with Gasteiger partial charge in [-0.1, -0.05) is 46.3 Å². The molecular weight excluding hydrogens is 302 g/mol. The van der Waals surface area contributed by atoms with Crippen molar-refractivity contribution in [1.82, 2.24) is 5.32 Å². The lowest BCUT2D eigenvalue weighted by atomic mass is 10.2. The molecule has 0 heterocycles. The molecule has 0 unspecified atom stereocenters. The van der Waals surface area contributed by atoms with Gasteiger partial charge in [0, 0.05) is 5.33 Å². The van der Waals surface area contributed by atoms with E-state index in [1.54, 1.807) is 0 Å². The number of amides is 1. The summed E-state index contributed by atoms with van der Waals surface area (Å²) >= 11 is 3.11. The third kappa shape index (κ3) is 4.75. The number of halogens is 1. The van der Waals surface area contributed by atoms with Crippen LogP contribution in [-0.2, 0) is 20.9 Å². The number of methoxy groups -OCH3 is 1. The third-order valence-electron chi connectivity index (χ3n) is 2.14. The fraction of sp³-hybridized carbons (Fsp3) is 0.333. The van der Waals surface area contributed by atoms with Gasteiger partial charge in [0.25, 0.3) is 0 Å². The Morgan fingerprint density at radius 2 is 2.00 bits per heavy atom. The number of ether oxygens (including phenoxy) is 2. The molecule has 0 aliphatic carbocycles. The fourth-order valence-corrected chi connectivity index (χ4v) is 1.64. The second kappa shape index (κ2) is 7.71. The van der Waals surface area contributed by atoms with Gasteiger partial charge in [0.05, 0.1) is 7.11 Å². The Bertz CT molecular complexity index is 396. The molecule has 1 atom stereocenters. The second-order valence-corrected chi connectivity index (χ2v) is 4.08. The van der Waals surface area contributed by atoms with Crippen LogP contribution in [-0.4, -0.2) is 30.5 Å². The van der Waals surface area contributed by atoms with Crippen LogP contribution >= 0.6 is 15.9 Å². The average molecular weight is 316 g/mol. The largest absolute Gasteiger partial charge is 0.467 e. The maximum Gasteiger partial charge on any atom is 0.408 e. The Morgan fingerprint density at radius 1 is 1.33 bits per heavy atom. The van der Waals surface area contributed by atoms with E-state index in [4.69, 9.17) is 4.74 Å². The van der Waals surface area contributed by atoms with Gasteiger partial charge in [0.15, 0.2) is 0 Å². The van der Waals surface area contributed by atoms with Crippen LogP contribution < -0.4 is 5.32 Å². The van der Waals surface area contributed by atoms with E-state index in [0.29, 0.717) is 0 Å². The van der Waals surface area contributed by atoms with Crippen molar-refractivity contribution in [2.75, 3.05) is 12.4 Å². The van der Waals surface area contributed by atoms with Crippen molar-refractivity contribution in [3.05, 3.63) is 35.9 Å². The number of nitrogens with one attached hydrogen (secondary N) is 1. The summed E-state index contributed by atoms with van der Waals surface area (Å²) in [7, 11) is 1.26. The summed E-state index contributed by atoms with van der Waals surface area (Å²) in [6, 6.07) is 8.52. The van der Waals surface area contributed by atoms with Crippen LogP contribution in [0.3, 0.4) is 0 Å². The number of alkyl halides is 1. The van der Waals surface area contributed by atoms with Gasteiger partial charge in [-0.05, 0) is 5.56 Å². The standard InChI is InChI=1S/C12H14BrNO4/c1-17-11(15)10(7-13)14-12(16)18-8-9-5-3-2-4-6-9/h2-6,10H,7-8H2,1H3,(H,14,16)/t10-/m1/s1. The summed E-state index contributed by atoms with van der Waals surface area (Å²) < 4.78 is 9.50. The molecule has 98 valence electrons. The number of benzene rings is 1. The number of carbonyl (C=O) groups excluding carboxylic acids is 2. The van der Waals surface area contributed by atoms with Crippen molar-refractivity contribution in [2.45, 2.75) is 12.6 Å².